The highest BCUT2D eigenvalue weighted by Crippen LogP contribution is 2.39. The van der Waals surface area contributed by atoms with Crippen LogP contribution in [0.2, 0.25) is 0 Å². The zero-order valence-corrected chi connectivity index (χ0v) is 7.84. The normalized spacial score (nSPS) is 39.6. The maximum absolute atomic E-state index is 11.6. The second-order valence-corrected chi connectivity index (χ2v) is 4.24. The van der Waals surface area contributed by atoms with Crippen LogP contribution in [0.1, 0.15) is 39.0 Å². The van der Waals surface area contributed by atoms with E-state index in [1.807, 2.05) is 0 Å². The lowest BCUT2D eigenvalue weighted by Gasteiger charge is -2.33. The number of esters is 1. The number of hydrogen-bond donors (Lipinski definition) is 0. The highest BCUT2D eigenvalue weighted by Gasteiger charge is 2.49. The van der Waals surface area contributed by atoms with E-state index in [0.29, 0.717) is 25.2 Å². The molecule has 3 nitrogen and oxygen atoms in total. The lowest BCUT2D eigenvalue weighted by Crippen LogP contribution is -2.43. The smallest absolute Gasteiger partial charge is 0.306 e. The summed E-state index contributed by atoms with van der Waals surface area (Å²) in [5.74, 6) is 0.433. The van der Waals surface area contributed by atoms with E-state index in [-0.39, 0.29) is 11.8 Å². The topological polar surface area (TPSA) is 43.4 Å². The zero-order valence-electron chi connectivity index (χ0n) is 7.84. The van der Waals surface area contributed by atoms with Crippen molar-refractivity contribution in [2.45, 2.75) is 44.6 Å². The minimum absolute atomic E-state index is 0.136. The molecule has 2 rings (SSSR count). The summed E-state index contributed by atoms with van der Waals surface area (Å²) in [4.78, 5) is 22.6. The van der Waals surface area contributed by atoms with E-state index in [2.05, 4.69) is 6.92 Å². The molecule has 2 atom stereocenters. The first-order chi connectivity index (χ1) is 6.12. The maximum atomic E-state index is 11.6. The fourth-order valence-electron chi connectivity index (χ4n) is 2.35. The fourth-order valence-corrected chi connectivity index (χ4v) is 2.35. The average molecular weight is 182 g/mol. The summed E-state index contributed by atoms with van der Waals surface area (Å²) >= 11 is 0. The Labute approximate surface area is 77.4 Å². The molecule has 0 N–H and O–H groups in total. The predicted molar refractivity (Wildman–Crippen MR) is 46.1 cm³/mol. The Balaban J connectivity index is 2.19. The number of ketones is 1. The molecule has 0 amide bonds. The van der Waals surface area contributed by atoms with E-state index in [4.69, 9.17) is 4.74 Å². The molecule has 2 fully saturated rings. The minimum atomic E-state index is -0.714. The summed E-state index contributed by atoms with van der Waals surface area (Å²) in [6, 6.07) is 0. The third-order valence-corrected chi connectivity index (χ3v) is 3.09. The molecule has 0 radical (unpaired) electrons. The van der Waals surface area contributed by atoms with Gasteiger partial charge >= 0.3 is 5.97 Å². The van der Waals surface area contributed by atoms with Gasteiger partial charge in [-0.1, -0.05) is 6.92 Å². The zero-order chi connectivity index (χ0) is 9.47. The van der Waals surface area contributed by atoms with Gasteiger partial charge < -0.3 is 4.74 Å². The van der Waals surface area contributed by atoms with E-state index in [9.17, 15) is 9.59 Å². The Bertz CT molecular complexity index is 259. The Kier molecular flexibility index (Phi) is 1.90. The quantitative estimate of drug-likeness (QED) is 0.532. The molecule has 3 heteroatoms. The Morgan fingerprint density at radius 1 is 1.38 bits per heavy atom. The van der Waals surface area contributed by atoms with Gasteiger partial charge in [-0.3, -0.25) is 9.59 Å². The van der Waals surface area contributed by atoms with Crippen LogP contribution < -0.4 is 0 Å². The van der Waals surface area contributed by atoms with Crippen LogP contribution >= 0.6 is 0 Å². The first kappa shape index (κ1) is 8.73. The van der Waals surface area contributed by atoms with Crippen molar-refractivity contribution in [3.05, 3.63) is 0 Å². The molecule has 1 saturated heterocycles. The van der Waals surface area contributed by atoms with Crippen molar-refractivity contribution >= 4 is 11.8 Å². The van der Waals surface area contributed by atoms with Gasteiger partial charge in [0.25, 0.3) is 0 Å². The molecule has 1 aliphatic heterocycles. The van der Waals surface area contributed by atoms with Crippen molar-refractivity contribution in [1.29, 1.82) is 0 Å². The SMILES string of the molecule is C[C@@H]1CCC(=O)[C@]2(CCC(=O)O2)C1. The molecule has 2 aliphatic rings. The molecule has 0 unspecified atom stereocenters. The van der Waals surface area contributed by atoms with Gasteiger partial charge in [0.15, 0.2) is 11.4 Å². The monoisotopic (exact) mass is 182 g/mol. The molecule has 1 saturated carbocycles. The number of carbonyl (C=O) groups is 2. The second kappa shape index (κ2) is 2.82. The van der Waals surface area contributed by atoms with Crippen LogP contribution in [0.4, 0.5) is 0 Å². The van der Waals surface area contributed by atoms with Gasteiger partial charge in [0, 0.05) is 19.3 Å². The van der Waals surface area contributed by atoms with Crippen molar-refractivity contribution in [3.63, 3.8) is 0 Å². The van der Waals surface area contributed by atoms with Crippen molar-refractivity contribution < 1.29 is 14.3 Å². The van der Waals surface area contributed by atoms with Crippen LogP contribution in [0, 0.1) is 5.92 Å². The third-order valence-electron chi connectivity index (χ3n) is 3.09. The van der Waals surface area contributed by atoms with Crippen LogP contribution in [-0.2, 0) is 14.3 Å². The Hall–Kier alpha value is -0.860. The summed E-state index contributed by atoms with van der Waals surface area (Å²) in [5.41, 5.74) is -0.714. The third kappa shape index (κ3) is 1.36. The number of rotatable bonds is 0. The largest absolute Gasteiger partial charge is 0.451 e. The van der Waals surface area contributed by atoms with Crippen LogP contribution in [0.3, 0.4) is 0 Å². The van der Waals surface area contributed by atoms with Gasteiger partial charge in [-0.25, -0.2) is 0 Å². The molecule has 1 spiro atoms. The van der Waals surface area contributed by atoms with Crippen LogP contribution in [0.5, 0.6) is 0 Å². The highest BCUT2D eigenvalue weighted by atomic mass is 16.6. The summed E-state index contributed by atoms with van der Waals surface area (Å²) < 4.78 is 5.18. The number of ether oxygens (including phenoxy) is 1. The van der Waals surface area contributed by atoms with Gasteiger partial charge in [-0.05, 0) is 18.8 Å². The molecule has 0 aromatic rings. The van der Waals surface area contributed by atoms with E-state index in [1.165, 1.54) is 0 Å². The molecule has 13 heavy (non-hydrogen) atoms. The first-order valence-corrected chi connectivity index (χ1v) is 4.87. The minimum Gasteiger partial charge on any atom is -0.451 e. The molecular formula is C10H14O3. The fraction of sp³-hybridized carbons (Fsp3) is 0.800. The van der Waals surface area contributed by atoms with Gasteiger partial charge in [0.1, 0.15) is 0 Å². The highest BCUT2D eigenvalue weighted by molar-refractivity contribution is 5.92. The standard InChI is InChI=1S/C10H14O3/c1-7-2-3-8(11)10(6-7)5-4-9(12)13-10/h7H,2-6H2,1H3/t7-,10+/m1/s1. The molecule has 0 bridgehead atoms. The molecule has 1 aliphatic carbocycles. The van der Waals surface area contributed by atoms with Crippen molar-refractivity contribution in [2.75, 3.05) is 0 Å². The Morgan fingerprint density at radius 3 is 2.77 bits per heavy atom. The summed E-state index contributed by atoms with van der Waals surface area (Å²) in [7, 11) is 0. The summed E-state index contributed by atoms with van der Waals surface area (Å²) in [6.07, 6.45) is 3.28. The summed E-state index contributed by atoms with van der Waals surface area (Å²) in [5, 5.41) is 0. The molecule has 72 valence electrons. The van der Waals surface area contributed by atoms with E-state index < -0.39 is 5.60 Å². The van der Waals surface area contributed by atoms with Gasteiger partial charge in [-0.15, -0.1) is 0 Å². The van der Waals surface area contributed by atoms with Crippen LogP contribution in [-0.4, -0.2) is 17.4 Å². The van der Waals surface area contributed by atoms with E-state index >= 15 is 0 Å². The second-order valence-electron chi connectivity index (χ2n) is 4.24. The Morgan fingerprint density at radius 2 is 2.15 bits per heavy atom. The van der Waals surface area contributed by atoms with Gasteiger partial charge in [0.05, 0.1) is 0 Å². The predicted octanol–water partition coefficient (Wildman–Crippen LogP) is 1.45. The van der Waals surface area contributed by atoms with E-state index in [1.54, 1.807) is 0 Å². The van der Waals surface area contributed by atoms with E-state index in [0.717, 1.165) is 12.8 Å². The number of Topliss-reactive ketones (excluding diaryl/α,β-unsaturated/α-hetero) is 1. The molecular weight excluding hydrogens is 168 g/mol. The van der Waals surface area contributed by atoms with Crippen LogP contribution in [0.15, 0.2) is 0 Å². The average Bonchev–Trinajstić information content (AvgIpc) is 2.42. The van der Waals surface area contributed by atoms with Gasteiger partial charge in [-0.2, -0.15) is 0 Å². The number of carbonyl (C=O) groups excluding carboxylic acids is 2. The van der Waals surface area contributed by atoms with Crippen molar-refractivity contribution in [1.82, 2.24) is 0 Å². The molecule has 0 aromatic heterocycles. The molecule has 0 aromatic carbocycles. The van der Waals surface area contributed by atoms with Crippen molar-refractivity contribution in [2.24, 2.45) is 5.92 Å². The van der Waals surface area contributed by atoms with Crippen LogP contribution in [0.25, 0.3) is 0 Å². The lowest BCUT2D eigenvalue weighted by atomic mass is 9.76. The summed E-state index contributed by atoms with van der Waals surface area (Å²) in [6.45, 7) is 2.11. The first-order valence-electron chi connectivity index (χ1n) is 4.87. The van der Waals surface area contributed by atoms with Gasteiger partial charge in [0.2, 0.25) is 0 Å². The lowest BCUT2D eigenvalue weighted by molar-refractivity contribution is -0.161. The number of hydrogen-bond acceptors (Lipinski definition) is 3. The van der Waals surface area contributed by atoms with Crippen molar-refractivity contribution in [3.8, 4) is 0 Å². The maximum Gasteiger partial charge on any atom is 0.306 e. The molecule has 1 heterocycles.